The van der Waals surface area contributed by atoms with Crippen LogP contribution in [0.3, 0.4) is 0 Å². The van der Waals surface area contributed by atoms with Crippen LogP contribution in [0.2, 0.25) is 0 Å². The van der Waals surface area contributed by atoms with Gasteiger partial charge in [-0.05, 0) is 0 Å². The molecule has 0 radical (unpaired) electrons. The molecular formula is C26H26F26N4O4. The number of carbonyl (C=O) groups is 2. The van der Waals surface area contributed by atoms with Gasteiger partial charge in [0.15, 0.2) is 0 Å². The van der Waals surface area contributed by atoms with E-state index in [1.807, 2.05) is 0 Å². The Morgan fingerprint density at radius 1 is 0.383 bits per heavy atom. The van der Waals surface area contributed by atoms with Crippen LogP contribution >= 0.6 is 0 Å². The molecular weight excluding hydrogens is 926 g/mol. The molecule has 8 nitrogen and oxygen atoms in total. The van der Waals surface area contributed by atoms with Crippen molar-refractivity contribution in [2.45, 2.75) is 97.3 Å². The van der Waals surface area contributed by atoms with Gasteiger partial charge in [-0.2, -0.15) is 114 Å². The van der Waals surface area contributed by atoms with Gasteiger partial charge in [0.25, 0.3) is 0 Å². The second-order valence-electron chi connectivity index (χ2n) is 12.7. The zero-order valence-electron chi connectivity index (χ0n) is 28.8. The lowest BCUT2D eigenvalue weighted by molar-refractivity contribution is -0.440. The van der Waals surface area contributed by atoms with E-state index in [2.05, 4.69) is 0 Å². The lowest BCUT2D eigenvalue weighted by atomic mass is 9.92. The van der Waals surface area contributed by atoms with Crippen molar-refractivity contribution < 1.29 is 134 Å². The normalized spacial score (nSPS) is 17.3. The fraction of sp³-hybridized carbons (Fsp3) is 0.923. The number of amides is 2. The number of hydrogen-bond donors (Lipinski definition) is 2. The SMILES string of the molecule is O=C(CCN1CCN(CCC(=O)N(O)CCC(F)(F)C(F)(F)C(F)(F)C(F)(F)C(F)(F)C(F)(F)F)CC1)N(O)CCC(F)(F)C(F)(F)C(F)(F)C(F)(F)C(F)(F)C(F)(F)F. The first-order valence-electron chi connectivity index (χ1n) is 15.6. The zero-order chi connectivity index (χ0) is 47.9. The highest BCUT2D eigenvalue weighted by molar-refractivity contribution is 5.75. The van der Waals surface area contributed by atoms with Crippen LogP contribution in [0.4, 0.5) is 114 Å². The number of halogens is 26. The summed E-state index contributed by atoms with van der Waals surface area (Å²) in [5.41, 5.74) is 0. The van der Waals surface area contributed by atoms with Crippen LogP contribution in [-0.4, -0.2) is 166 Å². The van der Waals surface area contributed by atoms with E-state index >= 15 is 0 Å². The molecule has 0 spiro atoms. The largest absolute Gasteiger partial charge is 0.460 e. The quantitative estimate of drug-likeness (QED) is 0.0730. The molecule has 1 aliphatic rings. The van der Waals surface area contributed by atoms with E-state index in [0.29, 0.717) is 0 Å². The molecule has 60 heavy (non-hydrogen) atoms. The van der Waals surface area contributed by atoms with Crippen LogP contribution < -0.4 is 0 Å². The Balaban J connectivity index is 2.71. The molecule has 1 fully saturated rings. The van der Waals surface area contributed by atoms with E-state index in [1.165, 1.54) is 9.80 Å². The third kappa shape index (κ3) is 9.93. The fourth-order valence-electron chi connectivity index (χ4n) is 4.66. The third-order valence-corrected chi connectivity index (χ3v) is 8.60. The Bertz CT molecular complexity index is 1370. The Morgan fingerprint density at radius 2 is 0.600 bits per heavy atom. The van der Waals surface area contributed by atoms with Crippen molar-refractivity contribution in [1.82, 2.24) is 19.9 Å². The van der Waals surface area contributed by atoms with Crippen LogP contribution in [0.1, 0.15) is 25.7 Å². The first-order valence-corrected chi connectivity index (χ1v) is 15.6. The van der Waals surface area contributed by atoms with E-state index in [4.69, 9.17) is 0 Å². The number of piperazine rings is 1. The molecule has 0 aliphatic carbocycles. The van der Waals surface area contributed by atoms with Gasteiger partial charge in [0.1, 0.15) is 0 Å². The van der Waals surface area contributed by atoms with E-state index in [0.717, 1.165) is 0 Å². The molecule has 1 heterocycles. The second kappa shape index (κ2) is 17.3. The molecule has 356 valence electrons. The number of rotatable bonds is 20. The Morgan fingerprint density at radius 3 is 0.817 bits per heavy atom. The average molecular weight is 952 g/mol. The van der Waals surface area contributed by atoms with E-state index in [1.54, 1.807) is 0 Å². The molecule has 0 aromatic rings. The molecule has 2 amide bonds. The van der Waals surface area contributed by atoms with Crippen LogP contribution in [0, 0.1) is 0 Å². The van der Waals surface area contributed by atoms with Crippen molar-refractivity contribution in [3.63, 3.8) is 0 Å². The molecule has 34 heteroatoms. The number of hydrogen-bond acceptors (Lipinski definition) is 6. The Kier molecular flexibility index (Phi) is 15.8. The molecule has 2 N–H and O–H groups in total. The van der Waals surface area contributed by atoms with Gasteiger partial charge in [-0.15, -0.1) is 0 Å². The topological polar surface area (TPSA) is 87.6 Å². The maximum Gasteiger partial charge on any atom is 0.460 e. The van der Waals surface area contributed by atoms with Crippen LogP contribution in [0.25, 0.3) is 0 Å². The van der Waals surface area contributed by atoms with E-state index in [9.17, 15) is 134 Å². The number of nitrogens with zero attached hydrogens (tertiary/aromatic N) is 4. The minimum Gasteiger partial charge on any atom is -0.300 e. The summed E-state index contributed by atoms with van der Waals surface area (Å²) in [5.74, 6) is -80.3. The van der Waals surface area contributed by atoms with E-state index in [-0.39, 0.29) is 26.2 Å². The van der Waals surface area contributed by atoms with E-state index < -0.39 is 145 Å². The minimum absolute atomic E-state index is 0.153. The second-order valence-corrected chi connectivity index (χ2v) is 12.7. The number of carbonyl (C=O) groups excluding carboxylic acids is 2. The molecule has 0 aromatic carbocycles. The molecule has 1 saturated heterocycles. The zero-order valence-corrected chi connectivity index (χ0v) is 28.8. The first kappa shape index (κ1) is 55.0. The Labute approximate surface area is 316 Å². The van der Waals surface area contributed by atoms with Gasteiger partial charge in [0, 0.05) is 65.0 Å². The van der Waals surface area contributed by atoms with Gasteiger partial charge in [0.05, 0.1) is 13.1 Å². The molecule has 0 saturated carbocycles. The summed E-state index contributed by atoms with van der Waals surface area (Å²) in [6.45, 7) is -5.81. The van der Waals surface area contributed by atoms with Crippen LogP contribution in [0.5, 0.6) is 0 Å². The summed E-state index contributed by atoms with van der Waals surface area (Å²) in [6, 6.07) is 0. The number of alkyl halides is 26. The van der Waals surface area contributed by atoms with Gasteiger partial charge in [0.2, 0.25) is 11.8 Å². The summed E-state index contributed by atoms with van der Waals surface area (Å²) in [5, 5.41) is 17.4. The van der Waals surface area contributed by atoms with Gasteiger partial charge in [-0.1, -0.05) is 0 Å². The van der Waals surface area contributed by atoms with Crippen molar-refractivity contribution in [2.75, 3.05) is 52.4 Å². The predicted octanol–water partition coefficient (Wildman–Crippen LogP) is 8.08. The summed E-state index contributed by atoms with van der Waals surface area (Å²) < 4.78 is 343. The van der Waals surface area contributed by atoms with Gasteiger partial charge < -0.3 is 9.80 Å². The molecule has 1 aliphatic heterocycles. The Hall–Kier alpha value is -3.04. The van der Waals surface area contributed by atoms with Crippen molar-refractivity contribution in [1.29, 1.82) is 0 Å². The minimum atomic E-state index is -8.16. The molecule has 1 rings (SSSR count). The average Bonchev–Trinajstić information content (AvgIpc) is 3.09. The summed E-state index contributed by atoms with van der Waals surface area (Å²) in [6.07, 6.45) is -23.0. The molecule has 0 bridgehead atoms. The standard InChI is InChI=1S/C26H26F26N4O4/c27-15(28,17(31,32)19(35,36)21(39,40)23(43,44)25(47,48)49)3-7-55(59)13(57)1-5-53-9-11-54(12-10-53)6-2-14(58)56(60)8-4-16(29,30)18(33,34)20(37,38)22(41,42)24(45,46)26(50,51)52/h59-60H,1-12H2. The smallest absolute Gasteiger partial charge is 0.300 e. The van der Waals surface area contributed by atoms with Crippen molar-refractivity contribution in [2.24, 2.45) is 0 Å². The van der Waals surface area contributed by atoms with Crippen LogP contribution in [0.15, 0.2) is 0 Å². The van der Waals surface area contributed by atoms with Crippen LogP contribution in [-0.2, 0) is 9.59 Å². The van der Waals surface area contributed by atoms with Crippen molar-refractivity contribution >= 4 is 11.8 Å². The van der Waals surface area contributed by atoms with Gasteiger partial charge in [-0.25, -0.2) is 10.1 Å². The number of hydroxylamine groups is 4. The van der Waals surface area contributed by atoms with Crippen molar-refractivity contribution in [3.05, 3.63) is 0 Å². The van der Waals surface area contributed by atoms with Gasteiger partial charge >= 0.3 is 71.6 Å². The highest BCUT2D eigenvalue weighted by atomic mass is 19.4. The highest BCUT2D eigenvalue weighted by Crippen LogP contribution is 2.62. The molecule has 0 aromatic heterocycles. The predicted molar refractivity (Wildman–Crippen MR) is 140 cm³/mol. The summed E-state index contributed by atoms with van der Waals surface area (Å²) in [7, 11) is 0. The monoisotopic (exact) mass is 952 g/mol. The van der Waals surface area contributed by atoms with Crippen molar-refractivity contribution in [3.8, 4) is 0 Å². The highest BCUT2D eigenvalue weighted by Gasteiger charge is 2.92. The third-order valence-electron chi connectivity index (χ3n) is 8.60. The summed E-state index contributed by atoms with van der Waals surface area (Å²) in [4.78, 5) is 26.6. The lowest BCUT2D eigenvalue weighted by Gasteiger charge is -2.40. The molecule has 0 atom stereocenters. The summed E-state index contributed by atoms with van der Waals surface area (Å²) >= 11 is 0. The maximum absolute atomic E-state index is 13.9. The lowest BCUT2D eigenvalue weighted by Crippen LogP contribution is -2.70. The molecule has 0 unspecified atom stereocenters. The van der Waals surface area contributed by atoms with Gasteiger partial charge in [-0.3, -0.25) is 20.0 Å². The fourth-order valence-corrected chi connectivity index (χ4v) is 4.66. The first-order chi connectivity index (χ1) is 26.3. The maximum atomic E-state index is 13.9.